The highest BCUT2D eigenvalue weighted by Crippen LogP contribution is 2.27. The molecule has 0 aliphatic rings. The number of ether oxygens (including phenoxy) is 1. The van der Waals surface area contributed by atoms with Gasteiger partial charge in [0.05, 0.1) is 12.5 Å². The molecular weight excluding hydrogens is 376 g/mol. The molecule has 2 amide bonds. The van der Waals surface area contributed by atoms with Gasteiger partial charge in [0.1, 0.15) is 16.8 Å². The van der Waals surface area contributed by atoms with Gasteiger partial charge in [-0.25, -0.2) is 0 Å². The summed E-state index contributed by atoms with van der Waals surface area (Å²) in [6.07, 6.45) is 0. The Morgan fingerprint density at radius 2 is 1.92 bits per heavy atom. The summed E-state index contributed by atoms with van der Waals surface area (Å²) in [5.41, 5.74) is 0.120. The summed E-state index contributed by atoms with van der Waals surface area (Å²) >= 11 is 7.02. The zero-order valence-corrected chi connectivity index (χ0v) is 16.6. The largest absolute Gasteiger partial charge is 0.497 e. The molecule has 0 saturated carbocycles. The molecule has 2 aromatic rings. The third-order valence-corrected chi connectivity index (χ3v) is 5.24. The van der Waals surface area contributed by atoms with E-state index in [0.717, 1.165) is 11.3 Å². The molecule has 0 aliphatic carbocycles. The molecule has 0 fully saturated rings. The monoisotopic (exact) mass is 396 g/mol. The predicted octanol–water partition coefficient (Wildman–Crippen LogP) is 2.92. The van der Waals surface area contributed by atoms with Gasteiger partial charge in [-0.15, -0.1) is 21.8 Å². The van der Waals surface area contributed by atoms with Gasteiger partial charge in [-0.05, 0) is 45.0 Å². The maximum absolute atomic E-state index is 12.3. The molecule has 2 N–H and O–H groups in total. The minimum Gasteiger partial charge on any atom is -0.497 e. The molecule has 26 heavy (non-hydrogen) atoms. The van der Waals surface area contributed by atoms with Crippen molar-refractivity contribution in [2.45, 2.75) is 26.8 Å². The molecule has 0 bridgehead atoms. The Bertz CT molecular complexity index is 777. The van der Waals surface area contributed by atoms with Gasteiger partial charge in [0.25, 0.3) is 0 Å². The number of hydrogen-bond acceptors (Lipinski definition) is 6. The zero-order valence-electron chi connectivity index (χ0n) is 15.0. The highest BCUT2D eigenvalue weighted by atomic mass is 35.5. The molecule has 0 saturated heterocycles. The fraction of sp³-hybridized carbons (Fsp3) is 0.412. The number of alkyl halides is 1. The summed E-state index contributed by atoms with van der Waals surface area (Å²) in [5, 5.41) is 14.4. The molecule has 140 valence electrons. The quantitative estimate of drug-likeness (QED) is 0.702. The van der Waals surface area contributed by atoms with Gasteiger partial charge in [0.2, 0.25) is 16.9 Å². The van der Waals surface area contributed by atoms with E-state index in [0.29, 0.717) is 10.1 Å². The van der Waals surface area contributed by atoms with Crippen molar-refractivity contribution in [3.8, 4) is 16.3 Å². The molecule has 9 heteroatoms. The summed E-state index contributed by atoms with van der Waals surface area (Å²) in [6, 6.07) is 6.65. The smallest absolute Gasteiger partial charge is 0.248 e. The van der Waals surface area contributed by atoms with E-state index in [9.17, 15) is 9.59 Å². The molecule has 0 radical (unpaired) electrons. The van der Waals surface area contributed by atoms with Gasteiger partial charge in [0, 0.05) is 11.4 Å². The second-order valence-electron chi connectivity index (χ2n) is 6.34. The maximum atomic E-state index is 12.3. The number of aromatic nitrogens is 2. The van der Waals surface area contributed by atoms with Crippen LogP contribution in [0.2, 0.25) is 0 Å². The standard InChI is InChI=1S/C17H21ClN4O3S/c1-10(19-15(24)17(2,3)9-18)13(23)20-16-22-21-14(26-16)11-5-7-12(25-4)8-6-11/h5-8,10H,9H2,1-4H3,(H,19,24)(H,20,22,23)/t10-/m1/s1. The first kappa shape index (κ1) is 20.1. The summed E-state index contributed by atoms with van der Waals surface area (Å²) in [6.45, 7) is 5.03. The Morgan fingerprint density at radius 1 is 1.27 bits per heavy atom. The van der Waals surface area contributed by atoms with Crippen LogP contribution in [0.15, 0.2) is 24.3 Å². The Labute approximate surface area is 161 Å². The van der Waals surface area contributed by atoms with Crippen molar-refractivity contribution in [1.82, 2.24) is 15.5 Å². The second kappa shape index (κ2) is 8.46. The second-order valence-corrected chi connectivity index (χ2v) is 7.59. The Morgan fingerprint density at radius 3 is 2.50 bits per heavy atom. The van der Waals surface area contributed by atoms with Gasteiger partial charge < -0.3 is 10.1 Å². The summed E-state index contributed by atoms with van der Waals surface area (Å²) in [4.78, 5) is 24.3. The van der Waals surface area contributed by atoms with Crippen molar-refractivity contribution < 1.29 is 14.3 Å². The number of rotatable bonds is 7. The van der Waals surface area contributed by atoms with Crippen molar-refractivity contribution >= 4 is 39.9 Å². The van der Waals surface area contributed by atoms with Gasteiger partial charge in [-0.2, -0.15) is 0 Å². The van der Waals surface area contributed by atoms with Crippen LogP contribution in [-0.4, -0.2) is 41.0 Å². The number of carbonyl (C=O) groups is 2. The normalized spacial score (nSPS) is 12.3. The van der Waals surface area contributed by atoms with E-state index >= 15 is 0 Å². The number of hydrogen-bond donors (Lipinski definition) is 2. The summed E-state index contributed by atoms with van der Waals surface area (Å²) in [7, 11) is 1.60. The van der Waals surface area contributed by atoms with Crippen molar-refractivity contribution in [2.75, 3.05) is 18.3 Å². The molecule has 0 aliphatic heterocycles. The average molecular weight is 397 g/mol. The van der Waals surface area contributed by atoms with Crippen molar-refractivity contribution in [2.24, 2.45) is 5.41 Å². The Kier molecular flexibility index (Phi) is 6.55. The fourth-order valence-electron chi connectivity index (χ4n) is 1.86. The number of benzene rings is 1. The number of nitrogens with zero attached hydrogens (tertiary/aromatic N) is 2. The summed E-state index contributed by atoms with van der Waals surface area (Å²) in [5.74, 6) is 0.248. The molecule has 2 rings (SSSR count). The first-order valence-electron chi connectivity index (χ1n) is 7.92. The van der Waals surface area contributed by atoms with Crippen molar-refractivity contribution in [3.63, 3.8) is 0 Å². The molecule has 1 atom stereocenters. The zero-order chi connectivity index (χ0) is 19.3. The number of nitrogens with one attached hydrogen (secondary N) is 2. The molecule has 0 unspecified atom stereocenters. The number of anilines is 1. The van der Waals surface area contributed by atoms with Crippen LogP contribution in [-0.2, 0) is 9.59 Å². The van der Waals surface area contributed by atoms with Crippen molar-refractivity contribution in [1.29, 1.82) is 0 Å². The third-order valence-electron chi connectivity index (χ3n) is 3.68. The molecule has 1 heterocycles. The van der Waals surface area contributed by atoms with Crippen LogP contribution in [0.5, 0.6) is 5.75 Å². The van der Waals surface area contributed by atoms with Gasteiger partial charge >= 0.3 is 0 Å². The Hall–Kier alpha value is -2.19. The predicted molar refractivity (Wildman–Crippen MR) is 103 cm³/mol. The maximum Gasteiger partial charge on any atom is 0.248 e. The van der Waals surface area contributed by atoms with E-state index in [1.807, 2.05) is 24.3 Å². The number of methoxy groups -OCH3 is 1. The number of halogens is 1. The fourth-order valence-corrected chi connectivity index (χ4v) is 2.73. The Balaban J connectivity index is 1.99. The highest BCUT2D eigenvalue weighted by Gasteiger charge is 2.29. The van der Waals surface area contributed by atoms with Gasteiger partial charge in [0.15, 0.2) is 0 Å². The minimum atomic E-state index is -0.750. The summed E-state index contributed by atoms with van der Waals surface area (Å²) < 4.78 is 5.12. The van der Waals surface area contributed by atoms with Crippen LogP contribution in [0.3, 0.4) is 0 Å². The molecular formula is C17H21ClN4O3S. The average Bonchev–Trinajstić information content (AvgIpc) is 3.10. The van der Waals surface area contributed by atoms with Gasteiger partial charge in [-0.1, -0.05) is 11.3 Å². The van der Waals surface area contributed by atoms with E-state index in [2.05, 4.69) is 20.8 Å². The first-order valence-corrected chi connectivity index (χ1v) is 9.27. The lowest BCUT2D eigenvalue weighted by Crippen LogP contribution is -2.47. The number of amides is 2. The van der Waals surface area contributed by atoms with E-state index < -0.39 is 11.5 Å². The lowest BCUT2D eigenvalue weighted by molar-refractivity contribution is -0.131. The molecule has 1 aromatic heterocycles. The van der Waals surface area contributed by atoms with E-state index in [-0.39, 0.29) is 17.7 Å². The van der Waals surface area contributed by atoms with Gasteiger partial charge in [-0.3, -0.25) is 14.9 Å². The van der Waals surface area contributed by atoms with Crippen LogP contribution >= 0.6 is 22.9 Å². The topological polar surface area (TPSA) is 93.2 Å². The van der Waals surface area contributed by atoms with E-state index in [4.69, 9.17) is 16.3 Å². The van der Waals surface area contributed by atoms with Crippen LogP contribution in [0.1, 0.15) is 20.8 Å². The highest BCUT2D eigenvalue weighted by molar-refractivity contribution is 7.18. The lowest BCUT2D eigenvalue weighted by atomic mass is 9.95. The van der Waals surface area contributed by atoms with Crippen LogP contribution in [0.4, 0.5) is 5.13 Å². The SMILES string of the molecule is COc1ccc(-c2nnc(NC(=O)[C@@H](C)NC(=O)C(C)(C)CCl)s2)cc1. The third kappa shape index (κ3) is 4.92. The van der Waals surface area contributed by atoms with E-state index in [1.54, 1.807) is 27.9 Å². The first-order chi connectivity index (χ1) is 12.3. The number of carbonyl (C=O) groups excluding carboxylic acids is 2. The van der Waals surface area contributed by atoms with Crippen LogP contribution < -0.4 is 15.4 Å². The van der Waals surface area contributed by atoms with E-state index in [1.165, 1.54) is 11.3 Å². The van der Waals surface area contributed by atoms with Crippen LogP contribution in [0, 0.1) is 5.41 Å². The van der Waals surface area contributed by atoms with Crippen molar-refractivity contribution in [3.05, 3.63) is 24.3 Å². The lowest BCUT2D eigenvalue weighted by Gasteiger charge is -2.23. The minimum absolute atomic E-state index is 0.162. The molecule has 1 aromatic carbocycles. The molecule has 0 spiro atoms. The molecule has 7 nitrogen and oxygen atoms in total. The van der Waals surface area contributed by atoms with Crippen LogP contribution in [0.25, 0.3) is 10.6 Å².